The van der Waals surface area contributed by atoms with Crippen LogP contribution in [0.2, 0.25) is 0 Å². The molecule has 7 rings (SSSR count). The summed E-state index contributed by atoms with van der Waals surface area (Å²) in [7, 11) is 0. The fraction of sp³-hybridized carbons (Fsp3) is 0. The van der Waals surface area contributed by atoms with Crippen LogP contribution in [0.5, 0.6) is 0 Å². The van der Waals surface area contributed by atoms with Gasteiger partial charge < -0.3 is 8.98 Å². The number of nitrogens with zero attached hydrogens (tertiary/aromatic N) is 1. The predicted octanol–water partition coefficient (Wildman–Crippen LogP) is 7.44. The molecule has 30 heavy (non-hydrogen) atoms. The summed E-state index contributed by atoms with van der Waals surface area (Å²) in [4.78, 5) is 0. The van der Waals surface area contributed by atoms with Crippen LogP contribution in [0.15, 0.2) is 95.4 Å². The van der Waals surface area contributed by atoms with E-state index in [1.54, 1.807) is 0 Å². The minimum Gasteiger partial charge on any atom is -0.454 e. The molecule has 2 heteroatoms. The Morgan fingerprint density at radius 3 is 2.40 bits per heavy atom. The average molecular weight is 381 g/mol. The van der Waals surface area contributed by atoms with Crippen LogP contribution < -0.4 is 0 Å². The van der Waals surface area contributed by atoms with Gasteiger partial charge in [-0.1, -0.05) is 66.7 Å². The average Bonchev–Trinajstić information content (AvgIpc) is 3.35. The van der Waals surface area contributed by atoms with Gasteiger partial charge in [-0.15, -0.1) is 0 Å². The van der Waals surface area contributed by atoms with E-state index in [9.17, 15) is 0 Å². The van der Waals surface area contributed by atoms with Crippen LogP contribution in [0.3, 0.4) is 0 Å². The van der Waals surface area contributed by atoms with E-state index in [1.165, 1.54) is 26.9 Å². The zero-order valence-corrected chi connectivity index (χ0v) is 16.0. The number of hydrogen-bond donors (Lipinski definition) is 0. The largest absolute Gasteiger partial charge is 0.454 e. The van der Waals surface area contributed by atoms with E-state index < -0.39 is 0 Å². The van der Waals surface area contributed by atoms with Gasteiger partial charge in [0.1, 0.15) is 5.58 Å². The van der Waals surface area contributed by atoms with Gasteiger partial charge in [0.15, 0.2) is 5.58 Å². The van der Waals surface area contributed by atoms with E-state index in [-0.39, 0.29) is 0 Å². The molecule has 138 valence electrons. The number of rotatable bonds is 1. The van der Waals surface area contributed by atoms with Crippen molar-refractivity contribution in [3.8, 4) is 5.69 Å². The maximum atomic E-state index is 6.53. The molecule has 0 aliphatic rings. The molecule has 0 saturated heterocycles. The fourth-order valence-electron chi connectivity index (χ4n) is 4.80. The maximum absolute atomic E-state index is 6.53. The van der Waals surface area contributed by atoms with Crippen LogP contribution in [0.1, 0.15) is 0 Å². The Morgan fingerprint density at radius 2 is 1.50 bits per heavy atom. The smallest absolute Gasteiger partial charge is 0.160 e. The van der Waals surface area contributed by atoms with E-state index in [0.717, 1.165) is 33.3 Å². The summed E-state index contributed by atoms with van der Waals surface area (Å²) < 4.78 is 8.81. The van der Waals surface area contributed by atoms with Gasteiger partial charge in [-0.05, 0) is 41.1 Å². The molecule has 0 bridgehead atoms. The van der Waals surface area contributed by atoms with Crippen molar-refractivity contribution in [2.45, 2.75) is 0 Å². The van der Waals surface area contributed by atoms with Gasteiger partial charge in [-0.2, -0.15) is 0 Å². The van der Waals surface area contributed by atoms with Crippen LogP contribution in [0, 0.1) is 12.1 Å². The molecule has 5 aromatic carbocycles. The second-order valence-electron chi connectivity index (χ2n) is 7.64. The first kappa shape index (κ1) is 15.7. The zero-order chi connectivity index (χ0) is 19.7. The third-order valence-corrected chi connectivity index (χ3v) is 6.06. The third kappa shape index (κ3) is 1.94. The summed E-state index contributed by atoms with van der Waals surface area (Å²) in [5.41, 5.74) is 5.14. The molecule has 0 aliphatic carbocycles. The Kier molecular flexibility index (Phi) is 2.95. The highest BCUT2D eigenvalue weighted by Gasteiger charge is 2.19. The quantitative estimate of drug-likeness (QED) is 0.289. The molecule has 0 saturated carbocycles. The van der Waals surface area contributed by atoms with Crippen LogP contribution in [-0.2, 0) is 0 Å². The van der Waals surface area contributed by atoms with Gasteiger partial charge in [-0.25, -0.2) is 0 Å². The first-order valence-corrected chi connectivity index (χ1v) is 10.0. The molecule has 0 radical (unpaired) electrons. The predicted molar refractivity (Wildman–Crippen MR) is 123 cm³/mol. The number of hydrogen-bond acceptors (Lipinski definition) is 1. The lowest BCUT2D eigenvalue weighted by Gasteiger charge is -2.06. The summed E-state index contributed by atoms with van der Waals surface area (Å²) in [6.07, 6.45) is 0. The summed E-state index contributed by atoms with van der Waals surface area (Å²) in [6, 6.07) is 37.7. The lowest BCUT2D eigenvalue weighted by atomic mass is 10.0. The lowest BCUT2D eigenvalue weighted by molar-refractivity contribution is 0.671. The highest BCUT2D eigenvalue weighted by Crippen LogP contribution is 2.41. The number of furan rings is 1. The highest BCUT2D eigenvalue weighted by atomic mass is 16.3. The lowest BCUT2D eigenvalue weighted by Crippen LogP contribution is -1.92. The number of para-hydroxylation sites is 1. The van der Waals surface area contributed by atoms with E-state index in [2.05, 4.69) is 95.6 Å². The van der Waals surface area contributed by atoms with Gasteiger partial charge in [-0.3, -0.25) is 0 Å². The molecule has 2 heterocycles. The number of aromatic nitrogens is 1. The zero-order valence-electron chi connectivity index (χ0n) is 16.0. The van der Waals surface area contributed by atoms with Crippen molar-refractivity contribution < 1.29 is 4.42 Å². The van der Waals surface area contributed by atoms with Gasteiger partial charge in [0.05, 0.1) is 16.7 Å². The van der Waals surface area contributed by atoms with Crippen molar-refractivity contribution in [3.63, 3.8) is 0 Å². The molecular formula is C28H15NO. The minimum atomic E-state index is 0.918. The van der Waals surface area contributed by atoms with Crippen molar-refractivity contribution >= 4 is 54.5 Å². The molecule has 0 amide bonds. The SMILES string of the molecule is c1ccc(-n2c3ccccc3c3ccc4c(oc5ccc6ccccc6c54)c32)cc#1. The van der Waals surface area contributed by atoms with Gasteiger partial charge in [0.2, 0.25) is 0 Å². The molecule has 2 aromatic heterocycles. The van der Waals surface area contributed by atoms with Crippen LogP contribution >= 0.6 is 0 Å². The van der Waals surface area contributed by atoms with Crippen molar-refractivity contribution in [2.75, 3.05) is 0 Å². The van der Waals surface area contributed by atoms with E-state index in [0.29, 0.717) is 0 Å². The second kappa shape index (κ2) is 5.65. The fourth-order valence-corrected chi connectivity index (χ4v) is 4.80. The van der Waals surface area contributed by atoms with Gasteiger partial charge in [0, 0.05) is 27.6 Å². The Morgan fingerprint density at radius 1 is 0.667 bits per heavy atom. The number of benzene rings is 4. The minimum absolute atomic E-state index is 0.918. The van der Waals surface area contributed by atoms with E-state index in [1.807, 2.05) is 12.1 Å². The highest BCUT2D eigenvalue weighted by molar-refractivity contribution is 6.26. The normalized spacial score (nSPS) is 11.7. The molecular weight excluding hydrogens is 366 g/mol. The monoisotopic (exact) mass is 381 g/mol. The molecule has 0 atom stereocenters. The standard InChI is InChI=1S/C28H15NO/c1-2-9-19(10-3-1)29-24-13-7-6-12-21(24)22-15-16-23-26-20-11-5-4-8-18(20)14-17-25(26)30-28(23)27(22)29/h2,4-17H. The van der Waals surface area contributed by atoms with Crippen molar-refractivity contribution in [1.82, 2.24) is 4.57 Å². The topological polar surface area (TPSA) is 18.1 Å². The van der Waals surface area contributed by atoms with E-state index >= 15 is 0 Å². The molecule has 0 N–H and O–H groups in total. The Balaban J connectivity index is 1.76. The summed E-state index contributed by atoms with van der Waals surface area (Å²) >= 11 is 0. The molecule has 0 aliphatic heterocycles. The van der Waals surface area contributed by atoms with Crippen molar-refractivity contribution in [1.29, 1.82) is 0 Å². The first-order valence-electron chi connectivity index (χ1n) is 10.0. The summed E-state index contributed by atoms with van der Waals surface area (Å²) in [6.45, 7) is 0. The van der Waals surface area contributed by atoms with Crippen molar-refractivity contribution in [2.24, 2.45) is 0 Å². The molecule has 7 aromatic rings. The summed E-state index contributed by atoms with van der Waals surface area (Å²) in [5.74, 6) is 0. The molecule has 0 fully saturated rings. The van der Waals surface area contributed by atoms with Crippen LogP contribution in [0.25, 0.3) is 60.2 Å². The van der Waals surface area contributed by atoms with Crippen molar-refractivity contribution in [3.05, 3.63) is 103 Å². The molecule has 0 unspecified atom stereocenters. The van der Waals surface area contributed by atoms with E-state index in [4.69, 9.17) is 4.42 Å². The first-order chi connectivity index (χ1) is 14.9. The van der Waals surface area contributed by atoms with Gasteiger partial charge >= 0.3 is 0 Å². The third-order valence-electron chi connectivity index (χ3n) is 6.06. The van der Waals surface area contributed by atoms with Crippen LogP contribution in [-0.4, -0.2) is 4.57 Å². The second-order valence-corrected chi connectivity index (χ2v) is 7.64. The maximum Gasteiger partial charge on any atom is 0.160 e. The Bertz CT molecular complexity index is 1740. The number of fused-ring (bicyclic) bond motifs is 9. The van der Waals surface area contributed by atoms with Gasteiger partial charge in [0.25, 0.3) is 0 Å². The Hall–Kier alpha value is -4.22. The van der Waals surface area contributed by atoms with Crippen LogP contribution in [0.4, 0.5) is 0 Å². The molecule has 0 spiro atoms. The summed E-state index contributed by atoms with van der Waals surface area (Å²) in [5, 5.41) is 7.17. The Labute approximate surface area is 172 Å². The molecule has 2 nitrogen and oxygen atoms in total.